The van der Waals surface area contributed by atoms with E-state index in [1.807, 2.05) is 0 Å². The van der Waals surface area contributed by atoms with Crippen LogP contribution in [0.5, 0.6) is 0 Å². The Kier molecular flexibility index (Phi) is 1.85. The first-order chi connectivity index (χ1) is 6.60. The second-order valence-corrected chi connectivity index (χ2v) is 3.82. The molecule has 2 rings (SSSR count). The third-order valence-corrected chi connectivity index (χ3v) is 2.87. The first kappa shape index (κ1) is 9.21. The zero-order valence-electron chi connectivity index (χ0n) is 7.80. The average molecular weight is 195 g/mol. The Morgan fingerprint density at radius 1 is 1.57 bits per heavy atom. The van der Waals surface area contributed by atoms with Gasteiger partial charge in [-0.05, 0) is 24.3 Å². The van der Waals surface area contributed by atoms with Crippen molar-refractivity contribution in [3.63, 3.8) is 0 Å². The minimum absolute atomic E-state index is 0.0694. The second kappa shape index (κ2) is 2.81. The Bertz CT molecular complexity index is 322. The van der Waals surface area contributed by atoms with Crippen molar-refractivity contribution in [3.05, 3.63) is 12.2 Å². The van der Waals surface area contributed by atoms with E-state index in [0.717, 1.165) is 18.4 Å². The molecule has 0 aromatic heterocycles. The number of urea groups is 1. The summed E-state index contributed by atoms with van der Waals surface area (Å²) < 4.78 is 0. The molecule has 5 heteroatoms. The number of amides is 3. The van der Waals surface area contributed by atoms with E-state index in [9.17, 15) is 9.59 Å². The molecule has 1 atom stereocenters. The summed E-state index contributed by atoms with van der Waals surface area (Å²) in [5.41, 5.74) is 5.23. The van der Waals surface area contributed by atoms with Gasteiger partial charge >= 0.3 is 6.03 Å². The monoisotopic (exact) mass is 195 g/mol. The minimum atomic E-state index is -1.06. The minimum Gasteiger partial charge on any atom is -0.327 e. The maximum Gasteiger partial charge on any atom is 0.322 e. The molecular weight excluding hydrogens is 182 g/mol. The van der Waals surface area contributed by atoms with Gasteiger partial charge in [-0.15, -0.1) is 0 Å². The summed E-state index contributed by atoms with van der Waals surface area (Å²) in [6.07, 6.45) is 2.06. The predicted molar refractivity (Wildman–Crippen MR) is 50.3 cm³/mol. The fourth-order valence-electron chi connectivity index (χ4n) is 1.77. The average Bonchev–Trinajstić information content (AvgIpc) is 2.92. The van der Waals surface area contributed by atoms with E-state index in [1.165, 1.54) is 0 Å². The Balaban J connectivity index is 2.28. The van der Waals surface area contributed by atoms with Crippen molar-refractivity contribution in [3.8, 4) is 0 Å². The van der Waals surface area contributed by atoms with Crippen LogP contribution in [0, 0.1) is 5.92 Å². The largest absolute Gasteiger partial charge is 0.327 e. The van der Waals surface area contributed by atoms with Crippen LogP contribution in [0.1, 0.15) is 12.8 Å². The number of carbonyl (C=O) groups excluding carboxylic acids is 2. The van der Waals surface area contributed by atoms with Gasteiger partial charge in [0.05, 0.1) is 0 Å². The van der Waals surface area contributed by atoms with E-state index < -0.39 is 11.6 Å². The number of nitrogens with two attached hydrogens (primary N) is 1. The molecule has 0 bridgehead atoms. The van der Waals surface area contributed by atoms with Crippen LogP contribution in [0.25, 0.3) is 0 Å². The lowest BCUT2D eigenvalue weighted by Gasteiger charge is -2.26. The maximum absolute atomic E-state index is 11.6. The molecule has 4 N–H and O–H groups in total. The molecule has 0 aromatic carbocycles. The Labute approximate surface area is 81.7 Å². The molecule has 0 unspecified atom stereocenters. The first-order valence-corrected chi connectivity index (χ1v) is 4.63. The van der Waals surface area contributed by atoms with Gasteiger partial charge in [-0.25, -0.2) is 4.79 Å². The molecule has 0 spiro atoms. The van der Waals surface area contributed by atoms with Crippen LogP contribution >= 0.6 is 0 Å². The molecule has 5 nitrogen and oxygen atoms in total. The summed E-state index contributed by atoms with van der Waals surface area (Å²) in [7, 11) is 0. The van der Waals surface area contributed by atoms with Gasteiger partial charge in [-0.1, -0.05) is 6.58 Å². The molecule has 1 heterocycles. The standard InChI is InChI=1S/C9H13N3O2/c1-5(6-2-3-6)9(4-10)7(13)11-8(14)12-9/h6H,1-4,10H2,(H2,11,12,13,14)/t9-/m0/s1. The summed E-state index contributed by atoms with van der Waals surface area (Å²) in [6, 6.07) is -0.484. The molecule has 1 aliphatic carbocycles. The molecule has 76 valence electrons. The van der Waals surface area contributed by atoms with Crippen molar-refractivity contribution in [2.24, 2.45) is 11.7 Å². The van der Waals surface area contributed by atoms with E-state index >= 15 is 0 Å². The number of hydrogen-bond acceptors (Lipinski definition) is 3. The van der Waals surface area contributed by atoms with Gasteiger partial charge < -0.3 is 11.1 Å². The molecule has 1 saturated heterocycles. The lowest BCUT2D eigenvalue weighted by molar-refractivity contribution is -0.122. The highest BCUT2D eigenvalue weighted by Gasteiger charge is 2.50. The summed E-state index contributed by atoms with van der Waals surface area (Å²) in [4.78, 5) is 22.6. The fraction of sp³-hybridized carbons (Fsp3) is 0.556. The van der Waals surface area contributed by atoms with E-state index in [2.05, 4.69) is 17.2 Å². The third kappa shape index (κ3) is 1.13. The van der Waals surface area contributed by atoms with Crippen LogP contribution in [-0.4, -0.2) is 24.0 Å². The van der Waals surface area contributed by atoms with E-state index in [4.69, 9.17) is 5.73 Å². The summed E-state index contributed by atoms with van der Waals surface area (Å²) in [6.45, 7) is 3.94. The summed E-state index contributed by atoms with van der Waals surface area (Å²) >= 11 is 0. The summed E-state index contributed by atoms with van der Waals surface area (Å²) in [5, 5.41) is 4.76. The number of hydrogen-bond donors (Lipinski definition) is 3. The van der Waals surface area contributed by atoms with E-state index in [1.54, 1.807) is 0 Å². The lowest BCUT2D eigenvalue weighted by atomic mass is 9.88. The predicted octanol–water partition coefficient (Wildman–Crippen LogP) is -0.510. The number of carbonyl (C=O) groups is 2. The first-order valence-electron chi connectivity index (χ1n) is 4.63. The quantitative estimate of drug-likeness (QED) is 0.419. The van der Waals surface area contributed by atoms with Gasteiger partial charge in [0.1, 0.15) is 0 Å². The molecular formula is C9H13N3O2. The van der Waals surface area contributed by atoms with Crippen LogP contribution in [-0.2, 0) is 4.79 Å². The van der Waals surface area contributed by atoms with Crippen molar-refractivity contribution in [1.82, 2.24) is 10.6 Å². The van der Waals surface area contributed by atoms with Crippen LogP contribution in [0.3, 0.4) is 0 Å². The van der Waals surface area contributed by atoms with E-state index in [-0.39, 0.29) is 12.5 Å². The SMILES string of the molecule is C=C(C1CC1)[C@]1(CN)NC(=O)NC1=O. The zero-order valence-corrected chi connectivity index (χ0v) is 7.80. The van der Waals surface area contributed by atoms with Gasteiger partial charge in [0, 0.05) is 6.54 Å². The Morgan fingerprint density at radius 3 is 2.57 bits per heavy atom. The Morgan fingerprint density at radius 2 is 2.21 bits per heavy atom. The second-order valence-electron chi connectivity index (χ2n) is 3.82. The van der Waals surface area contributed by atoms with Crippen LogP contribution in [0.2, 0.25) is 0 Å². The van der Waals surface area contributed by atoms with Gasteiger partial charge in [0.15, 0.2) is 5.54 Å². The number of rotatable bonds is 3. The molecule has 2 aliphatic rings. The zero-order chi connectivity index (χ0) is 10.3. The van der Waals surface area contributed by atoms with Gasteiger partial charge in [-0.2, -0.15) is 0 Å². The molecule has 3 amide bonds. The number of nitrogens with one attached hydrogen (secondary N) is 2. The highest BCUT2D eigenvalue weighted by atomic mass is 16.2. The maximum atomic E-state index is 11.6. The smallest absolute Gasteiger partial charge is 0.322 e. The van der Waals surface area contributed by atoms with Crippen LogP contribution < -0.4 is 16.4 Å². The van der Waals surface area contributed by atoms with E-state index in [0.29, 0.717) is 5.92 Å². The molecule has 0 aromatic rings. The van der Waals surface area contributed by atoms with Crippen molar-refractivity contribution in [2.45, 2.75) is 18.4 Å². The molecule has 1 saturated carbocycles. The van der Waals surface area contributed by atoms with Gasteiger partial charge in [0.2, 0.25) is 0 Å². The van der Waals surface area contributed by atoms with Crippen molar-refractivity contribution < 1.29 is 9.59 Å². The van der Waals surface area contributed by atoms with Crippen LogP contribution in [0.15, 0.2) is 12.2 Å². The summed E-state index contributed by atoms with van der Waals surface area (Å²) in [5.74, 6) is -0.0374. The topological polar surface area (TPSA) is 84.2 Å². The van der Waals surface area contributed by atoms with Crippen molar-refractivity contribution >= 4 is 11.9 Å². The van der Waals surface area contributed by atoms with Crippen molar-refractivity contribution in [1.29, 1.82) is 0 Å². The third-order valence-electron chi connectivity index (χ3n) is 2.87. The lowest BCUT2D eigenvalue weighted by Crippen LogP contribution is -2.54. The molecule has 14 heavy (non-hydrogen) atoms. The van der Waals surface area contributed by atoms with Crippen LogP contribution in [0.4, 0.5) is 4.79 Å². The van der Waals surface area contributed by atoms with Gasteiger partial charge in [-0.3, -0.25) is 10.1 Å². The Hall–Kier alpha value is -1.36. The molecule has 0 radical (unpaired) electrons. The van der Waals surface area contributed by atoms with Gasteiger partial charge in [0.25, 0.3) is 5.91 Å². The van der Waals surface area contributed by atoms with Crippen molar-refractivity contribution in [2.75, 3.05) is 6.54 Å². The molecule has 1 aliphatic heterocycles. The number of imide groups is 1. The fourth-order valence-corrected chi connectivity index (χ4v) is 1.77. The molecule has 2 fully saturated rings. The highest BCUT2D eigenvalue weighted by Crippen LogP contribution is 2.41. The normalized spacial score (nSPS) is 31.2. The highest BCUT2D eigenvalue weighted by molar-refractivity contribution is 6.09.